The smallest absolute Gasteiger partial charge is 0.153 e. The van der Waals surface area contributed by atoms with Crippen LogP contribution in [-0.2, 0) is 11.3 Å². The average molecular weight is 412 g/mol. The van der Waals surface area contributed by atoms with Crippen molar-refractivity contribution in [2.45, 2.75) is 12.6 Å². The Morgan fingerprint density at radius 3 is 2.92 bits per heavy atom. The maximum atomic E-state index is 13.4. The van der Waals surface area contributed by atoms with Gasteiger partial charge in [-0.2, -0.15) is 5.10 Å². The Labute approximate surface area is 151 Å². The van der Waals surface area contributed by atoms with Crippen LogP contribution in [-0.4, -0.2) is 34.7 Å². The summed E-state index contributed by atoms with van der Waals surface area (Å²) >= 11 is 8.95. The molecule has 0 fully saturated rings. The molecule has 0 saturated carbocycles. The third-order valence-electron chi connectivity index (χ3n) is 3.57. The molecular weight excluding hydrogens is 399 g/mol. The van der Waals surface area contributed by atoms with E-state index >= 15 is 0 Å². The van der Waals surface area contributed by atoms with Gasteiger partial charge in [-0.05, 0) is 45.8 Å². The molecule has 1 aromatic carbocycles. The van der Waals surface area contributed by atoms with Crippen molar-refractivity contribution < 1.29 is 9.18 Å². The van der Waals surface area contributed by atoms with Gasteiger partial charge in [-0.1, -0.05) is 17.7 Å². The van der Waals surface area contributed by atoms with Gasteiger partial charge >= 0.3 is 0 Å². The number of carbonyl (C=O) groups excluding carboxylic acids is 1. The first-order chi connectivity index (χ1) is 11.6. The van der Waals surface area contributed by atoms with Crippen molar-refractivity contribution in [2.75, 3.05) is 6.54 Å². The molecule has 0 spiro atoms. The molecule has 0 bridgehead atoms. The van der Waals surface area contributed by atoms with E-state index in [2.05, 4.69) is 31.3 Å². The largest absolute Gasteiger partial charge is 0.366 e. The van der Waals surface area contributed by atoms with Gasteiger partial charge in [0.15, 0.2) is 5.84 Å². The number of aromatic nitrogens is 1. The molecule has 1 aliphatic rings. The molecule has 0 saturated heterocycles. The number of hydrogen-bond acceptors (Lipinski definition) is 5. The third-order valence-corrected chi connectivity index (χ3v) is 4.40. The van der Waals surface area contributed by atoms with E-state index in [4.69, 9.17) is 11.6 Å². The summed E-state index contributed by atoms with van der Waals surface area (Å²) in [6.07, 6.45) is 2.49. The van der Waals surface area contributed by atoms with Crippen LogP contribution in [0, 0.1) is 5.82 Å². The Morgan fingerprint density at radius 2 is 2.25 bits per heavy atom. The summed E-state index contributed by atoms with van der Waals surface area (Å²) in [5.74, 6) is 0.237. The molecule has 3 rings (SSSR count). The van der Waals surface area contributed by atoms with E-state index in [0.29, 0.717) is 28.6 Å². The van der Waals surface area contributed by atoms with Gasteiger partial charge in [0.05, 0.1) is 11.0 Å². The van der Waals surface area contributed by atoms with Gasteiger partial charge < -0.3 is 10.1 Å². The minimum Gasteiger partial charge on any atom is -0.366 e. The van der Waals surface area contributed by atoms with Crippen LogP contribution in [0.2, 0.25) is 5.15 Å². The molecule has 0 amide bonds. The van der Waals surface area contributed by atoms with Crippen molar-refractivity contribution >= 4 is 39.7 Å². The summed E-state index contributed by atoms with van der Waals surface area (Å²) in [5.41, 5.74) is 1.61. The van der Waals surface area contributed by atoms with E-state index in [1.165, 1.54) is 6.07 Å². The lowest BCUT2D eigenvalue weighted by molar-refractivity contribution is -0.112. The van der Waals surface area contributed by atoms with E-state index < -0.39 is 6.04 Å². The molecule has 1 unspecified atom stereocenters. The summed E-state index contributed by atoms with van der Waals surface area (Å²) in [5, 5.41) is 9.69. The Morgan fingerprint density at radius 1 is 1.42 bits per heavy atom. The van der Waals surface area contributed by atoms with Gasteiger partial charge in [0.1, 0.15) is 23.3 Å². The lowest BCUT2D eigenvalue weighted by Crippen LogP contribution is -2.48. The van der Waals surface area contributed by atoms with Crippen LogP contribution in [0.1, 0.15) is 11.1 Å². The van der Waals surface area contributed by atoms with Crippen LogP contribution in [0.5, 0.6) is 0 Å². The molecule has 2 heterocycles. The summed E-state index contributed by atoms with van der Waals surface area (Å²) in [6, 6.07) is 7.77. The maximum Gasteiger partial charge on any atom is 0.153 e. The van der Waals surface area contributed by atoms with Gasteiger partial charge in [-0.15, -0.1) is 0 Å². The zero-order valence-corrected chi connectivity index (χ0v) is 14.8. The zero-order chi connectivity index (χ0) is 17.1. The fraction of sp³-hybridized carbons (Fsp3) is 0.188. The molecule has 5 nitrogen and oxygen atoms in total. The Balaban J connectivity index is 1.87. The minimum atomic E-state index is -0.395. The highest BCUT2D eigenvalue weighted by Gasteiger charge is 2.23. The zero-order valence-electron chi connectivity index (χ0n) is 12.4. The molecule has 1 N–H and O–H groups in total. The number of rotatable bonds is 4. The summed E-state index contributed by atoms with van der Waals surface area (Å²) < 4.78 is 13.8. The molecule has 24 heavy (non-hydrogen) atoms. The Kier molecular flexibility index (Phi) is 5.11. The topological polar surface area (TPSA) is 57.6 Å². The molecule has 124 valence electrons. The number of nitrogens with one attached hydrogen (secondary N) is 1. The second-order valence-corrected chi connectivity index (χ2v) is 6.49. The average Bonchev–Trinajstić information content (AvgIpc) is 2.59. The number of benzene rings is 1. The fourth-order valence-corrected chi connectivity index (χ4v) is 2.80. The highest BCUT2D eigenvalue weighted by atomic mass is 79.9. The number of hydrogen-bond donors (Lipinski definition) is 1. The molecule has 0 radical (unpaired) electrons. The molecular formula is C16H13BrClFN4O. The van der Waals surface area contributed by atoms with Crippen molar-refractivity contribution in [1.82, 2.24) is 15.3 Å². The van der Waals surface area contributed by atoms with Crippen molar-refractivity contribution in [2.24, 2.45) is 5.10 Å². The fourth-order valence-electron chi connectivity index (χ4n) is 2.31. The van der Waals surface area contributed by atoms with Gasteiger partial charge in [-0.3, -0.25) is 5.01 Å². The first kappa shape index (κ1) is 16.9. The predicted molar refractivity (Wildman–Crippen MR) is 93.3 cm³/mol. The van der Waals surface area contributed by atoms with Gasteiger partial charge in [0.2, 0.25) is 0 Å². The van der Waals surface area contributed by atoms with Crippen molar-refractivity contribution in [3.8, 4) is 0 Å². The second-order valence-electron chi connectivity index (χ2n) is 5.25. The third kappa shape index (κ3) is 3.73. The van der Waals surface area contributed by atoms with Crippen LogP contribution >= 0.6 is 27.5 Å². The van der Waals surface area contributed by atoms with Crippen molar-refractivity contribution in [3.63, 3.8) is 0 Å². The summed E-state index contributed by atoms with van der Waals surface area (Å²) in [6.45, 7) is 0.833. The predicted octanol–water partition coefficient (Wildman–Crippen LogP) is 2.97. The van der Waals surface area contributed by atoms with E-state index in [-0.39, 0.29) is 5.82 Å². The highest BCUT2D eigenvalue weighted by Crippen LogP contribution is 2.19. The Hall–Kier alpha value is -1.99. The van der Waals surface area contributed by atoms with Crippen LogP contribution in [0.4, 0.5) is 4.39 Å². The quantitative estimate of drug-likeness (QED) is 0.621. The summed E-state index contributed by atoms with van der Waals surface area (Å²) in [7, 11) is 0. The second kappa shape index (κ2) is 7.27. The lowest BCUT2D eigenvalue weighted by atomic mass is 10.1. The highest BCUT2D eigenvalue weighted by molar-refractivity contribution is 9.10. The number of hydrazone groups is 1. The number of halogens is 3. The van der Waals surface area contributed by atoms with E-state index in [1.807, 2.05) is 6.07 Å². The molecule has 1 aromatic heterocycles. The first-order valence-corrected chi connectivity index (χ1v) is 8.34. The van der Waals surface area contributed by atoms with Gasteiger partial charge in [-0.25, -0.2) is 9.37 Å². The van der Waals surface area contributed by atoms with E-state index in [1.54, 1.807) is 29.4 Å². The van der Waals surface area contributed by atoms with Crippen LogP contribution in [0.15, 0.2) is 46.1 Å². The van der Waals surface area contributed by atoms with Gasteiger partial charge in [0.25, 0.3) is 0 Å². The number of carbonyl (C=O) groups is 1. The number of nitrogens with zero attached hydrogens (tertiary/aromatic N) is 3. The maximum absolute atomic E-state index is 13.4. The van der Waals surface area contributed by atoms with Gasteiger partial charge in [0, 0.05) is 18.3 Å². The standard InChI is InChI=1S/C16H13BrClFN4O/c17-13-5-11(2-3-14(13)19)16-21-7-12(9-24)23(22-16)8-10-1-4-15(18)20-6-10/h1-6,9,12H,7-8H2,(H,21,22). The van der Waals surface area contributed by atoms with Crippen molar-refractivity contribution in [3.05, 3.63) is 63.1 Å². The number of amidine groups is 1. The monoisotopic (exact) mass is 410 g/mol. The SMILES string of the molecule is O=CC1CNC(c2ccc(F)c(Br)c2)=NN1Cc1ccc(Cl)nc1. The molecule has 0 aliphatic carbocycles. The number of aldehydes is 1. The van der Waals surface area contributed by atoms with Crippen LogP contribution in [0.25, 0.3) is 0 Å². The van der Waals surface area contributed by atoms with E-state index in [9.17, 15) is 9.18 Å². The van der Waals surface area contributed by atoms with E-state index in [0.717, 1.165) is 17.4 Å². The van der Waals surface area contributed by atoms with Crippen molar-refractivity contribution in [1.29, 1.82) is 0 Å². The lowest BCUT2D eigenvalue weighted by Gasteiger charge is -2.31. The molecule has 1 atom stereocenters. The minimum absolute atomic E-state index is 0.343. The van der Waals surface area contributed by atoms with Crippen LogP contribution < -0.4 is 5.32 Å². The molecule has 1 aliphatic heterocycles. The number of pyridine rings is 1. The van der Waals surface area contributed by atoms with Crippen LogP contribution in [0.3, 0.4) is 0 Å². The molecule has 2 aromatic rings. The Bertz CT molecular complexity index is 784. The normalized spacial score (nSPS) is 17.2. The molecule has 8 heteroatoms. The summed E-state index contributed by atoms with van der Waals surface area (Å²) in [4.78, 5) is 15.3. The first-order valence-electron chi connectivity index (χ1n) is 7.17.